The Morgan fingerprint density at radius 3 is 2.89 bits per heavy atom. The number of rotatable bonds is 7. The van der Waals surface area contributed by atoms with E-state index in [1.54, 1.807) is 18.5 Å². The molecule has 19 heavy (non-hydrogen) atoms. The first kappa shape index (κ1) is 16.0. The Kier molecular flexibility index (Phi) is 6.28. The summed E-state index contributed by atoms with van der Waals surface area (Å²) in [4.78, 5) is 16.1. The number of halogens is 1. The first-order chi connectivity index (χ1) is 9.00. The van der Waals surface area contributed by atoms with Gasteiger partial charge in [0, 0.05) is 18.1 Å². The number of carbonyl (C=O) groups is 1. The maximum Gasteiger partial charge on any atom is 0.255 e. The summed E-state index contributed by atoms with van der Waals surface area (Å²) in [7, 11) is 1.54. The average Bonchev–Trinajstić information content (AvgIpc) is 2.42. The fraction of sp³-hybridized carbons (Fsp3) is 0.571. The second-order valence-corrected chi connectivity index (χ2v) is 6.01. The Labute approximate surface area is 123 Å². The van der Waals surface area contributed by atoms with Gasteiger partial charge in [0.2, 0.25) is 0 Å². The minimum atomic E-state index is -0.119. The molecule has 4 nitrogen and oxygen atoms in total. The van der Waals surface area contributed by atoms with Crippen LogP contribution in [-0.4, -0.2) is 29.9 Å². The monoisotopic (exact) mass is 328 g/mol. The minimum absolute atomic E-state index is 0.0870. The Morgan fingerprint density at radius 1 is 1.53 bits per heavy atom. The molecule has 0 atom stereocenters. The summed E-state index contributed by atoms with van der Waals surface area (Å²) in [6.07, 6.45) is 5.30. The third-order valence-electron chi connectivity index (χ3n) is 2.96. The molecule has 0 aliphatic heterocycles. The molecule has 0 radical (unpaired) electrons. The van der Waals surface area contributed by atoms with Crippen LogP contribution in [0, 0.1) is 5.41 Å². The zero-order valence-corrected chi connectivity index (χ0v) is 13.3. The van der Waals surface area contributed by atoms with Crippen molar-refractivity contribution >= 4 is 21.8 Å². The van der Waals surface area contributed by atoms with E-state index in [-0.39, 0.29) is 11.3 Å². The topological polar surface area (TPSA) is 51.2 Å². The fourth-order valence-electron chi connectivity index (χ4n) is 1.78. The number of methoxy groups -OCH3 is 1. The maximum absolute atomic E-state index is 12.1. The third kappa shape index (κ3) is 5.19. The van der Waals surface area contributed by atoms with Crippen LogP contribution < -0.4 is 10.1 Å². The average molecular weight is 329 g/mol. The number of amides is 1. The number of pyridine rings is 1. The van der Waals surface area contributed by atoms with Gasteiger partial charge in [0.15, 0.2) is 0 Å². The summed E-state index contributed by atoms with van der Waals surface area (Å²) < 4.78 is 5.13. The van der Waals surface area contributed by atoms with E-state index in [1.165, 1.54) is 7.11 Å². The molecule has 1 rings (SSSR count). The molecule has 0 saturated heterocycles. The van der Waals surface area contributed by atoms with Gasteiger partial charge in [-0.1, -0.05) is 29.8 Å². The lowest BCUT2D eigenvalue weighted by Crippen LogP contribution is -2.34. The van der Waals surface area contributed by atoms with Crippen molar-refractivity contribution in [2.24, 2.45) is 5.41 Å². The summed E-state index contributed by atoms with van der Waals surface area (Å²) in [5, 5.41) is 3.95. The first-order valence-corrected chi connectivity index (χ1v) is 7.44. The second-order valence-electron chi connectivity index (χ2n) is 5.22. The van der Waals surface area contributed by atoms with Crippen molar-refractivity contribution in [2.45, 2.75) is 26.7 Å². The summed E-state index contributed by atoms with van der Waals surface area (Å²) >= 11 is 3.43. The molecule has 0 saturated carbocycles. The molecule has 0 aliphatic rings. The highest BCUT2D eigenvalue weighted by atomic mass is 79.9. The Balaban J connectivity index is 2.60. The molecule has 1 heterocycles. The lowest BCUT2D eigenvalue weighted by molar-refractivity contribution is 0.0931. The molecule has 0 bridgehead atoms. The Morgan fingerprint density at radius 2 is 2.26 bits per heavy atom. The Bertz CT molecular complexity index is 422. The molecular weight excluding hydrogens is 308 g/mol. The molecule has 0 aromatic carbocycles. The number of nitrogens with one attached hydrogen (secondary N) is 1. The van der Waals surface area contributed by atoms with E-state index in [9.17, 15) is 4.79 Å². The van der Waals surface area contributed by atoms with Crippen LogP contribution in [0.5, 0.6) is 5.75 Å². The van der Waals surface area contributed by atoms with Gasteiger partial charge in [-0.25, -0.2) is 0 Å². The van der Waals surface area contributed by atoms with Gasteiger partial charge in [-0.3, -0.25) is 9.78 Å². The van der Waals surface area contributed by atoms with Crippen LogP contribution >= 0.6 is 15.9 Å². The quantitative estimate of drug-likeness (QED) is 0.783. The van der Waals surface area contributed by atoms with Gasteiger partial charge in [-0.15, -0.1) is 0 Å². The Hall–Kier alpha value is -1.10. The third-order valence-corrected chi connectivity index (χ3v) is 3.52. The number of aromatic nitrogens is 1. The summed E-state index contributed by atoms with van der Waals surface area (Å²) in [6.45, 7) is 4.95. The number of hydrogen-bond acceptors (Lipinski definition) is 3. The minimum Gasteiger partial charge on any atom is -0.494 e. The summed E-state index contributed by atoms with van der Waals surface area (Å²) in [6, 6.07) is 1.67. The van der Waals surface area contributed by atoms with Crippen molar-refractivity contribution in [3.8, 4) is 5.75 Å². The number of hydrogen-bond donors (Lipinski definition) is 1. The van der Waals surface area contributed by atoms with Gasteiger partial charge in [0.25, 0.3) is 5.91 Å². The van der Waals surface area contributed by atoms with E-state index in [2.05, 4.69) is 40.1 Å². The van der Waals surface area contributed by atoms with Gasteiger partial charge >= 0.3 is 0 Å². The molecule has 1 amide bonds. The zero-order valence-electron chi connectivity index (χ0n) is 11.7. The van der Waals surface area contributed by atoms with Crippen LogP contribution in [0.3, 0.4) is 0 Å². The lowest BCUT2D eigenvalue weighted by Gasteiger charge is -2.24. The van der Waals surface area contributed by atoms with Gasteiger partial charge in [0.05, 0.1) is 18.9 Å². The van der Waals surface area contributed by atoms with Crippen molar-refractivity contribution in [3.05, 3.63) is 24.0 Å². The standard InChI is InChI=1S/C14H21BrN2O2/c1-14(2,6-4-7-15)10-17-13(18)11-5-8-16-9-12(11)19-3/h5,8-9H,4,6-7,10H2,1-3H3,(H,17,18). The van der Waals surface area contributed by atoms with E-state index in [4.69, 9.17) is 4.74 Å². The smallest absolute Gasteiger partial charge is 0.255 e. The van der Waals surface area contributed by atoms with Crippen LogP contribution in [0.25, 0.3) is 0 Å². The normalized spacial score (nSPS) is 11.2. The van der Waals surface area contributed by atoms with E-state index in [1.807, 2.05) is 0 Å². The molecule has 0 unspecified atom stereocenters. The maximum atomic E-state index is 12.1. The van der Waals surface area contributed by atoms with Crippen LogP contribution in [0.4, 0.5) is 0 Å². The first-order valence-electron chi connectivity index (χ1n) is 6.32. The van der Waals surface area contributed by atoms with Gasteiger partial charge in [-0.2, -0.15) is 0 Å². The highest BCUT2D eigenvalue weighted by Crippen LogP contribution is 2.22. The highest BCUT2D eigenvalue weighted by Gasteiger charge is 2.19. The van der Waals surface area contributed by atoms with Gasteiger partial charge in [0.1, 0.15) is 5.75 Å². The highest BCUT2D eigenvalue weighted by molar-refractivity contribution is 9.09. The molecule has 1 aromatic rings. The zero-order chi connectivity index (χ0) is 14.3. The van der Waals surface area contributed by atoms with Crippen LogP contribution in [-0.2, 0) is 0 Å². The number of ether oxygens (including phenoxy) is 1. The van der Waals surface area contributed by atoms with Crippen molar-refractivity contribution < 1.29 is 9.53 Å². The fourth-order valence-corrected chi connectivity index (χ4v) is 2.06. The van der Waals surface area contributed by atoms with Crippen molar-refractivity contribution in [3.63, 3.8) is 0 Å². The molecule has 0 spiro atoms. The molecule has 1 aromatic heterocycles. The van der Waals surface area contributed by atoms with Crippen LogP contribution in [0.15, 0.2) is 18.5 Å². The van der Waals surface area contributed by atoms with E-state index in [0.717, 1.165) is 18.2 Å². The molecule has 1 N–H and O–H groups in total. The van der Waals surface area contributed by atoms with Gasteiger partial charge in [-0.05, 0) is 24.3 Å². The molecule has 5 heteroatoms. The molecule has 106 valence electrons. The number of alkyl halides is 1. The number of carbonyl (C=O) groups excluding carboxylic acids is 1. The van der Waals surface area contributed by atoms with Crippen LogP contribution in [0.2, 0.25) is 0 Å². The van der Waals surface area contributed by atoms with Crippen molar-refractivity contribution in [1.29, 1.82) is 0 Å². The summed E-state index contributed by atoms with van der Waals surface area (Å²) in [5.41, 5.74) is 0.609. The number of nitrogens with zero attached hydrogens (tertiary/aromatic N) is 1. The predicted molar refractivity (Wildman–Crippen MR) is 79.9 cm³/mol. The van der Waals surface area contributed by atoms with E-state index in [0.29, 0.717) is 17.9 Å². The van der Waals surface area contributed by atoms with E-state index < -0.39 is 0 Å². The SMILES string of the molecule is COc1cnccc1C(=O)NCC(C)(C)CCCBr. The van der Waals surface area contributed by atoms with Crippen molar-refractivity contribution in [1.82, 2.24) is 10.3 Å². The lowest BCUT2D eigenvalue weighted by atomic mass is 9.88. The largest absolute Gasteiger partial charge is 0.494 e. The van der Waals surface area contributed by atoms with Gasteiger partial charge < -0.3 is 10.1 Å². The summed E-state index contributed by atoms with van der Waals surface area (Å²) in [5.74, 6) is 0.379. The van der Waals surface area contributed by atoms with Crippen molar-refractivity contribution in [2.75, 3.05) is 19.0 Å². The van der Waals surface area contributed by atoms with Crippen LogP contribution in [0.1, 0.15) is 37.0 Å². The predicted octanol–water partition coefficient (Wildman–Crippen LogP) is 3.02. The molecule has 0 aliphatic carbocycles. The molecular formula is C14H21BrN2O2. The molecule has 0 fully saturated rings. The van der Waals surface area contributed by atoms with E-state index >= 15 is 0 Å². The second kappa shape index (κ2) is 7.48.